The monoisotopic (exact) mass is 496 g/mol. The van der Waals surface area contributed by atoms with Crippen LogP contribution < -0.4 is 10.1 Å². The Morgan fingerprint density at radius 2 is 2.03 bits per heavy atom. The zero-order chi connectivity index (χ0) is 24.8. The summed E-state index contributed by atoms with van der Waals surface area (Å²) >= 11 is 1.31. The molecule has 1 aliphatic rings. The first-order valence-corrected chi connectivity index (χ1v) is 12.4. The molecule has 9 nitrogen and oxygen atoms in total. The highest BCUT2D eigenvalue weighted by molar-refractivity contribution is 7.99. The molecule has 0 aliphatic carbocycles. The van der Waals surface area contributed by atoms with Gasteiger partial charge in [-0.1, -0.05) is 18.7 Å². The predicted octanol–water partition coefficient (Wildman–Crippen LogP) is 4.16. The number of thioether (sulfide) groups is 1. The van der Waals surface area contributed by atoms with Gasteiger partial charge < -0.3 is 19.9 Å². The largest absolute Gasteiger partial charge is 0.508 e. The van der Waals surface area contributed by atoms with Gasteiger partial charge in [-0.2, -0.15) is 0 Å². The molecule has 1 aromatic heterocycles. The average molecular weight is 497 g/mol. The molecule has 2 heterocycles. The van der Waals surface area contributed by atoms with Gasteiger partial charge in [0.15, 0.2) is 16.8 Å². The Labute approximate surface area is 207 Å². The Kier molecular flexibility index (Phi) is 8.04. The number of aromatic nitrogens is 3. The predicted molar refractivity (Wildman–Crippen MR) is 133 cm³/mol. The summed E-state index contributed by atoms with van der Waals surface area (Å²) in [5.74, 6) is 1.19. The fourth-order valence-corrected chi connectivity index (χ4v) is 4.64. The number of aromatic hydroxyl groups is 1. The zero-order valence-corrected chi connectivity index (χ0v) is 20.5. The standard InChI is InChI=1S/C25H28N4O5S/c1-3-23(32)26-20-11-8-17(13-22(20)33-2)21(31)15-35-25-28-27-24(16-6-9-18(30)10-7-16)29(25)14-19-5-4-12-34-19/h6-11,13,19,30H,3-5,12,14-15H2,1-2H3,(H,26,32)/t19-/m1/s1. The van der Waals surface area contributed by atoms with Crippen LogP contribution in [0.1, 0.15) is 36.5 Å². The summed E-state index contributed by atoms with van der Waals surface area (Å²) in [6.45, 7) is 3.08. The number of rotatable bonds is 10. The number of phenols is 1. The summed E-state index contributed by atoms with van der Waals surface area (Å²) in [6.07, 6.45) is 2.38. The first-order valence-electron chi connectivity index (χ1n) is 11.5. The highest BCUT2D eigenvalue weighted by Crippen LogP contribution is 2.30. The van der Waals surface area contributed by atoms with Gasteiger partial charge in [0, 0.05) is 24.2 Å². The molecule has 1 fully saturated rings. The lowest BCUT2D eigenvalue weighted by atomic mass is 10.1. The van der Waals surface area contributed by atoms with E-state index in [9.17, 15) is 14.7 Å². The summed E-state index contributed by atoms with van der Waals surface area (Å²) in [6, 6.07) is 11.8. The fourth-order valence-electron chi connectivity index (χ4n) is 3.80. The molecule has 0 saturated carbocycles. The van der Waals surface area contributed by atoms with Gasteiger partial charge in [-0.3, -0.25) is 14.2 Å². The van der Waals surface area contributed by atoms with Gasteiger partial charge in [-0.25, -0.2) is 0 Å². The van der Waals surface area contributed by atoms with Crippen LogP contribution in [-0.2, 0) is 16.1 Å². The van der Waals surface area contributed by atoms with Crippen molar-refractivity contribution in [3.8, 4) is 22.9 Å². The highest BCUT2D eigenvalue weighted by atomic mass is 32.2. The van der Waals surface area contributed by atoms with Gasteiger partial charge in [-0.15, -0.1) is 10.2 Å². The minimum absolute atomic E-state index is 0.0621. The second-order valence-electron chi connectivity index (χ2n) is 8.13. The topological polar surface area (TPSA) is 116 Å². The number of hydrogen-bond donors (Lipinski definition) is 2. The fraction of sp³-hybridized carbons (Fsp3) is 0.360. The Morgan fingerprint density at radius 1 is 1.23 bits per heavy atom. The molecule has 0 radical (unpaired) electrons. The van der Waals surface area contributed by atoms with E-state index in [1.165, 1.54) is 18.9 Å². The molecular formula is C25H28N4O5S. The van der Waals surface area contributed by atoms with Crippen molar-refractivity contribution in [2.24, 2.45) is 0 Å². The van der Waals surface area contributed by atoms with Gasteiger partial charge in [0.1, 0.15) is 11.5 Å². The van der Waals surface area contributed by atoms with E-state index in [2.05, 4.69) is 15.5 Å². The zero-order valence-electron chi connectivity index (χ0n) is 19.7. The van der Waals surface area contributed by atoms with Crippen LogP contribution in [0.25, 0.3) is 11.4 Å². The van der Waals surface area contributed by atoms with Crippen molar-refractivity contribution in [3.05, 3.63) is 48.0 Å². The lowest BCUT2D eigenvalue weighted by Gasteiger charge is -2.15. The van der Waals surface area contributed by atoms with Gasteiger partial charge in [0.25, 0.3) is 0 Å². The van der Waals surface area contributed by atoms with Crippen molar-refractivity contribution < 1.29 is 24.2 Å². The minimum Gasteiger partial charge on any atom is -0.508 e. The lowest BCUT2D eigenvalue weighted by molar-refractivity contribution is -0.115. The number of phenolic OH excluding ortho intramolecular Hbond substituents is 1. The second-order valence-corrected chi connectivity index (χ2v) is 9.07. The van der Waals surface area contributed by atoms with Crippen LogP contribution >= 0.6 is 11.8 Å². The smallest absolute Gasteiger partial charge is 0.224 e. The van der Waals surface area contributed by atoms with Crippen molar-refractivity contribution in [1.29, 1.82) is 0 Å². The molecule has 0 bridgehead atoms. The summed E-state index contributed by atoms with van der Waals surface area (Å²) in [5.41, 5.74) is 1.83. The lowest BCUT2D eigenvalue weighted by Crippen LogP contribution is -2.17. The van der Waals surface area contributed by atoms with Crippen LogP contribution in [0, 0.1) is 0 Å². The van der Waals surface area contributed by atoms with Crippen molar-refractivity contribution in [1.82, 2.24) is 14.8 Å². The van der Waals surface area contributed by atoms with Crippen LogP contribution in [-0.4, -0.2) is 57.1 Å². The first kappa shape index (κ1) is 24.7. The summed E-state index contributed by atoms with van der Waals surface area (Å²) in [4.78, 5) is 24.7. The van der Waals surface area contributed by atoms with Crippen molar-refractivity contribution in [2.75, 3.05) is 24.8 Å². The Bertz CT molecular complexity index is 1190. The third-order valence-electron chi connectivity index (χ3n) is 5.70. The molecule has 4 rings (SSSR count). The van der Waals surface area contributed by atoms with Crippen molar-refractivity contribution >= 4 is 29.1 Å². The van der Waals surface area contributed by atoms with Crippen molar-refractivity contribution in [3.63, 3.8) is 0 Å². The minimum atomic E-state index is -0.132. The van der Waals surface area contributed by atoms with E-state index >= 15 is 0 Å². The summed E-state index contributed by atoms with van der Waals surface area (Å²) in [5, 5.41) is 21.7. The molecule has 35 heavy (non-hydrogen) atoms. The molecule has 1 aliphatic heterocycles. The van der Waals surface area contributed by atoms with Gasteiger partial charge in [-0.05, 0) is 55.3 Å². The number of amides is 1. The molecule has 0 unspecified atom stereocenters. The number of ether oxygens (including phenoxy) is 2. The summed E-state index contributed by atoms with van der Waals surface area (Å²) < 4.78 is 13.2. The third-order valence-corrected chi connectivity index (χ3v) is 6.67. The Hall–Kier alpha value is -3.37. The molecule has 184 valence electrons. The van der Waals surface area contributed by atoms with E-state index in [4.69, 9.17) is 9.47 Å². The number of carbonyl (C=O) groups excluding carboxylic acids is 2. The van der Waals surface area contributed by atoms with Crippen LogP contribution in [0.2, 0.25) is 0 Å². The van der Waals surface area contributed by atoms with E-state index in [0.29, 0.717) is 40.9 Å². The second kappa shape index (κ2) is 11.4. The Morgan fingerprint density at radius 3 is 2.71 bits per heavy atom. The molecule has 10 heteroatoms. The van der Waals surface area contributed by atoms with E-state index in [-0.39, 0.29) is 29.3 Å². The van der Waals surface area contributed by atoms with Gasteiger partial charge in [0.2, 0.25) is 5.91 Å². The Balaban J connectivity index is 1.52. The van der Waals surface area contributed by atoms with Gasteiger partial charge in [0.05, 0.1) is 31.2 Å². The number of nitrogens with zero attached hydrogens (tertiary/aromatic N) is 3. The summed E-state index contributed by atoms with van der Waals surface area (Å²) in [7, 11) is 1.50. The molecule has 2 N–H and O–H groups in total. The molecule has 2 aromatic carbocycles. The number of methoxy groups -OCH3 is 1. The number of benzene rings is 2. The first-order chi connectivity index (χ1) is 17.0. The number of nitrogens with one attached hydrogen (secondary N) is 1. The average Bonchev–Trinajstić information content (AvgIpc) is 3.53. The molecule has 1 atom stereocenters. The third kappa shape index (κ3) is 6.01. The molecule has 0 spiro atoms. The number of Topliss-reactive ketones (excluding diaryl/α,β-unsaturated/α-hetero) is 1. The molecule has 3 aromatic rings. The highest BCUT2D eigenvalue weighted by Gasteiger charge is 2.23. The molecular weight excluding hydrogens is 468 g/mol. The van der Waals surface area contributed by atoms with Crippen LogP contribution in [0.4, 0.5) is 5.69 Å². The number of anilines is 1. The molecule has 1 amide bonds. The van der Waals surface area contributed by atoms with Crippen LogP contribution in [0.5, 0.6) is 11.5 Å². The van der Waals surface area contributed by atoms with Crippen LogP contribution in [0.3, 0.4) is 0 Å². The van der Waals surface area contributed by atoms with Crippen molar-refractivity contribution in [2.45, 2.75) is 44.0 Å². The van der Waals surface area contributed by atoms with E-state index < -0.39 is 0 Å². The molecule has 1 saturated heterocycles. The number of hydrogen-bond acceptors (Lipinski definition) is 8. The number of carbonyl (C=O) groups is 2. The van der Waals surface area contributed by atoms with Gasteiger partial charge >= 0.3 is 0 Å². The van der Waals surface area contributed by atoms with Crippen LogP contribution in [0.15, 0.2) is 47.6 Å². The maximum Gasteiger partial charge on any atom is 0.224 e. The van der Waals surface area contributed by atoms with E-state index in [1.807, 2.05) is 4.57 Å². The number of ketones is 1. The maximum atomic E-state index is 13.0. The maximum absolute atomic E-state index is 13.0. The van der Waals surface area contributed by atoms with E-state index in [0.717, 1.165) is 25.0 Å². The SMILES string of the molecule is CCC(=O)Nc1ccc(C(=O)CSc2nnc(-c3ccc(O)cc3)n2C[C@H]2CCCO2)cc1OC. The van der Waals surface area contributed by atoms with E-state index in [1.54, 1.807) is 49.4 Å². The quantitative estimate of drug-likeness (QED) is 0.318. The normalized spacial score (nSPS) is 15.2.